The van der Waals surface area contributed by atoms with Gasteiger partial charge in [0.15, 0.2) is 0 Å². The maximum absolute atomic E-state index is 11.0. The highest BCUT2D eigenvalue weighted by atomic mass is 16.6. The molecule has 22 heavy (non-hydrogen) atoms. The lowest BCUT2D eigenvalue weighted by atomic mass is 9.96. The van der Waals surface area contributed by atoms with E-state index in [2.05, 4.69) is 17.9 Å². The van der Waals surface area contributed by atoms with Crippen LogP contribution in [0, 0.1) is 10.1 Å². The summed E-state index contributed by atoms with van der Waals surface area (Å²) in [4.78, 5) is 12.9. The molecule has 0 fully saturated rings. The molecular weight excluding hydrogens is 278 g/mol. The van der Waals surface area contributed by atoms with E-state index in [0.29, 0.717) is 0 Å². The maximum atomic E-state index is 11.0. The van der Waals surface area contributed by atoms with Gasteiger partial charge < -0.3 is 10.6 Å². The van der Waals surface area contributed by atoms with E-state index in [-0.39, 0.29) is 16.7 Å². The van der Waals surface area contributed by atoms with Gasteiger partial charge in [-0.2, -0.15) is 0 Å². The average molecular weight is 297 g/mol. The van der Waals surface area contributed by atoms with Gasteiger partial charge in [-0.05, 0) is 43.0 Å². The van der Waals surface area contributed by atoms with Crippen LogP contribution in [0.1, 0.15) is 30.5 Å². The van der Waals surface area contributed by atoms with Crippen LogP contribution >= 0.6 is 0 Å². The van der Waals surface area contributed by atoms with Gasteiger partial charge in [-0.15, -0.1) is 0 Å². The van der Waals surface area contributed by atoms with Crippen LogP contribution in [0.4, 0.5) is 17.1 Å². The van der Waals surface area contributed by atoms with Gasteiger partial charge in [-0.25, -0.2) is 0 Å². The molecule has 0 radical (unpaired) electrons. The smallest absolute Gasteiger partial charge is 0.269 e. The summed E-state index contributed by atoms with van der Waals surface area (Å²) in [6.07, 6.45) is 2.03. The zero-order chi connectivity index (χ0) is 15.7. The normalized spacial score (nSPS) is 15.2. The van der Waals surface area contributed by atoms with Crippen molar-refractivity contribution in [3.05, 3.63) is 63.7 Å². The van der Waals surface area contributed by atoms with Crippen LogP contribution in [0.3, 0.4) is 0 Å². The summed E-state index contributed by atoms with van der Waals surface area (Å²) >= 11 is 0. The molecule has 0 aromatic heterocycles. The predicted octanol–water partition coefficient (Wildman–Crippen LogP) is 3.69. The summed E-state index contributed by atoms with van der Waals surface area (Å²) < 4.78 is 0. The number of rotatable bonds is 3. The van der Waals surface area contributed by atoms with Crippen LogP contribution in [0.5, 0.6) is 0 Å². The van der Waals surface area contributed by atoms with Gasteiger partial charge in [0.2, 0.25) is 0 Å². The Bertz CT molecular complexity index is 715. The van der Waals surface area contributed by atoms with E-state index in [9.17, 15) is 10.1 Å². The second kappa shape index (κ2) is 5.67. The Hall–Kier alpha value is -2.56. The predicted molar refractivity (Wildman–Crippen MR) is 88.0 cm³/mol. The van der Waals surface area contributed by atoms with Crippen molar-refractivity contribution >= 4 is 17.1 Å². The van der Waals surface area contributed by atoms with Crippen molar-refractivity contribution in [2.45, 2.75) is 25.8 Å². The molecule has 0 bridgehead atoms. The lowest BCUT2D eigenvalue weighted by Crippen LogP contribution is -2.32. The molecular formula is C17H19N3O2. The number of nitrogen functional groups attached to an aromatic ring is 1. The molecule has 2 aromatic rings. The van der Waals surface area contributed by atoms with Crippen LogP contribution in [-0.4, -0.2) is 11.5 Å². The van der Waals surface area contributed by atoms with E-state index < -0.39 is 0 Å². The van der Waals surface area contributed by atoms with Gasteiger partial charge >= 0.3 is 0 Å². The number of nitrogens with zero attached hydrogens (tertiary/aromatic N) is 2. The van der Waals surface area contributed by atoms with Gasteiger partial charge in [0, 0.05) is 30.1 Å². The molecule has 5 heteroatoms. The summed E-state index contributed by atoms with van der Waals surface area (Å²) in [6, 6.07) is 12.9. The van der Waals surface area contributed by atoms with E-state index in [4.69, 9.17) is 5.73 Å². The number of hydrogen-bond donors (Lipinski definition) is 1. The molecule has 0 saturated carbocycles. The molecule has 3 rings (SSSR count). The Morgan fingerprint density at radius 2 is 2.05 bits per heavy atom. The highest BCUT2D eigenvalue weighted by molar-refractivity contribution is 5.67. The van der Waals surface area contributed by atoms with Gasteiger partial charge in [-0.3, -0.25) is 10.1 Å². The number of hydrogen-bond acceptors (Lipinski definition) is 4. The van der Waals surface area contributed by atoms with Gasteiger partial charge in [0.1, 0.15) is 0 Å². The monoisotopic (exact) mass is 297 g/mol. The van der Waals surface area contributed by atoms with Crippen LogP contribution in [0.2, 0.25) is 0 Å². The molecule has 0 aliphatic carbocycles. The average Bonchev–Trinajstić information content (AvgIpc) is 2.54. The summed E-state index contributed by atoms with van der Waals surface area (Å²) in [5, 5.41) is 11.0. The highest BCUT2D eigenvalue weighted by Gasteiger charge is 2.24. The Balaban J connectivity index is 1.97. The summed E-state index contributed by atoms with van der Waals surface area (Å²) in [5.41, 5.74) is 10.3. The van der Waals surface area contributed by atoms with Crippen molar-refractivity contribution in [2.24, 2.45) is 0 Å². The van der Waals surface area contributed by atoms with Crippen LogP contribution in [0.25, 0.3) is 0 Å². The van der Waals surface area contributed by atoms with Crippen molar-refractivity contribution in [3.63, 3.8) is 0 Å². The van der Waals surface area contributed by atoms with E-state index in [1.165, 1.54) is 11.6 Å². The molecule has 5 nitrogen and oxygen atoms in total. The third kappa shape index (κ3) is 2.50. The highest BCUT2D eigenvalue weighted by Crippen LogP contribution is 2.37. The first-order valence-electron chi connectivity index (χ1n) is 7.46. The molecule has 1 heterocycles. The van der Waals surface area contributed by atoms with Crippen LogP contribution < -0.4 is 10.6 Å². The van der Waals surface area contributed by atoms with Gasteiger partial charge in [-0.1, -0.05) is 18.2 Å². The SMILES string of the molecule is CC(c1cccc([N+](=O)[O-])c1)N1CCCc2c(N)cccc21. The van der Waals surface area contributed by atoms with Crippen LogP contribution in [-0.2, 0) is 6.42 Å². The lowest BCUT2D eigenvalue weighted by Gasteiger charge is -2.37. The van der Waals surface area contributed by atoms with Crippen molar-refractivity contribution < 1.29 is 4.92 Å². The fraction of sp³-hybridized carbons (Fsp3) is 0.294. The molecule has 0 amide bonds. The minimum atomic E-state index is -0.349. The first-order valence-corrected chi connectivity index (χ1v) is 7.46. The Labute approximate surface area is 129 Å². The quantitative estimate of drug-likeness (QED) is 0.533. The second-order valence-electron chi connectivity index (χ2n) is 5.67. The topological polar surface area (TPSA) is 72.4 Å². The minimum absolute atomic E-state index is 0.0701. The number of fused-ring (bicyclic) bond motifs is 1. The third-order valence-electron chi connectivity index (χ3n) is 4.35. The molecule has 1 atom stereocenters. The first kappa shape index (κ1) is 14.4. The number of nitro groups is 1. The summed E-state index contributed by atoms with van der Waals surface area (Å²) in [6.45, 7) is 3.01. The number of nitrogens with two attached hydrogens (primary N) is 1. The fourth-order valence-corrected chi connectivity index (χ4v) is 3.16. The van der Waals surface area contributed by atoms with E-state index in [0.717, 1.165) is 36.3 Å². The molecule has 2 aromatic carbocycles. The molecule has 0 spiro atoms. The Morgan fingerprint density at radius 1 is 1.27 bits per heavy atom. The van der Waals surface area contributed by atoms with Crippen molar-refractivity contribution in [2.75, 3.05) is 17.2 Å². The molecule has 1 unspecified atom stereocenters. The van der Waals surface area contributed by atoms with Gasteiger partial charge in [0.05, 0.1) is 11.0 Å². The van der Waals surface area contributed by atoms with E-state index in [1.807, 2.05) is 18.2 Å². The third-order valence-corrected chi connectivity index (χ3v) is 4.35. The molecule has 1 aliphatic heterocycles. The van der Waals surface area contributed by atoms with Crippen molar-refractivity contribution in [1.29, 1.82) is 0 Å². The van der Waals surface area contributed by atoms with Crippen molar-refractivity contribution in [3.8, 4) is 0 Å². The number of anilines is 2. The van der Waals surface area contributed by atoms with Crippen molar-refractivity contribution in [1.82, 2.24) is 0 Å². The standard InChI is InChI=1S/C17H19N3O2/c1-12(13-5-2-6-14(11-13)20(21)22)19-10-4-7-15-16(18)8-3-9-17(15)19/h2-3,5-6,8-9,11-12H,4,7,10,18H2,1H3. The molecule has 2 N–H and O–H groups in total. The molecule has 0 saturated heterocycles. The summed E-state index contributed by atoms with van der Waals surface area (Å²) in [7, 11) is 0. The first-order chi connectivity index (χ1) is 10.6. The van der Waals surface area contributed by atoms with E-state index in [1.54, 1.807) is 12.1 Å². The van der Waals surface area contributed by atoms with Gasteiger partial charge in [0.25, 0.3) is 5.69 Å². The molecule has 1 aliphatic rings. The zero-order valence-electron chi connectivity index (χ0n) is 12.5. The second-order valence-corrected chi connectivity index (χ2v) is 5.67. The Kier molecular flexibility index (Phi) is 3.71. The summed E-state index contributed by atoms with van der Waals surface area (Å²) in [5.74, 6) is 0. The number of non-ortho nitro benzene ring substituents is 1. The lowest BCUT2D eigenvalue weighted by molar-refractivity contribution is -0.384. The largest absolute Gasteiger partial charge is 0.398 e. The van der Waals surface area contributed by atoms with E-state index >= 15 is 0 Å². The fourth-order valence-electron chi connectivity index (χ4n) is 3.16. The van der Waals surface area contributed by atoms with Crippen LogP contribution in [0.15, 0.2) is 42.5 Å². The Morgan fingerprint density at radius 3 is 2.82 bits per heavy atom. The zero-order valence-corrected chi connectivity index (χ0v) is 12.5. The number of benzene rings is 2. The minimum Gasteiger partial charge on any atom is -0.398 e. The molecule has 114 valence electrons. The number of nitro benzene ring substituents is 1. The maximum Gasteiger partial charge on any atom is 0.269 e.